The minimum Gasteiger partial charge on any atom is -0.473 e. The van der Waals surface area contributed by atoms with Crippen LogP contribution in [-0.4, -0.2) is 24.5 Å². The van der Waals surface area contributed by atoms with Crippen LogP contribution in [0.3, 0.4) is 0 Å². The SMILES string of the molecule is CN=C(NCCc1ccccc1)NCc1cccnc1OCc1ccccc1. The summed E-state index contributed by atoms with van der Waals surface area (Å²) in [6, 6.07) is 24.4. The average Bonchev–Trinajstić information content (AvgIpc) is 2.76. The topological polar surface area (TPSA) is 58.5 Å². The maximum Gasteiger partial charge on any atom is 0.218 e. The van der Waals surface area contributed by atoms with Crippen LogP contribution in [-0.2, 0) is 19.6 Å². The Hall–Kier alpha value is -3.34. The van der Waals surface area contributed by atoms with Crippen molar-refractivity contribution in [3.8, 4) is 5.88 Å². The lowest BCUT2D eigenvalue weighted by molar-refractivity contribution is 0.290. The predicted molar refractivity (Wildman–Crippen MR) is 113 cm³/mol. The van der Waals surface area contributed by atoms with Crippen molar-refractivity contribution in [2.24, 2.45) is 4.99 Å². The highest BCUT2D eigenvalue weighted by Crippen LogP contribution is 2.15. The van der Waals surface area contributed by atoms with Gasteiger partial charge in [-0.15, -0.1) is 0 Å². The fraction of sp³-hybridized carbons (Fsp3) is 0.217. The Bertz CT molecular complexity index is 866. The fourth-order valence-electron chi connectivity index (χ4n) is 2.78. The molecule has 0 radical (unpaired) electrons. The Morgan fingerprint density at radius 2 is 1.61 bits per heavy atom. The molecule has 0 unspecified atom stereocenters. The summed E-state index contributed by atoms with van der Waals surface area (Å²) in [5.41, 5.74) is 3.41. The fourth-order valence-corrected chi connectivity index (χ4v) is 2.78. The van der Waals surface area contributed by atoms with E-state index in [1.807, 2.05) is 48.5 Å². The summed E-state index contributed by atoms with van der Waals surface area (Å²) < 4.78 is 5.92. The number of guanidine groups is 1. The highest BCUT2D eigenvalue weighted by molar-refractivity contribution is 5.79. The second-order valence-corrected chi connectivity index (χ2v) is 6.33. The van der Waals surface area contributed by atoms with E-state index < -0.39 is 0 Å². The van der Waals surface area contributed by atoms with Gasteiger partial charge in [-0.25, -0.2) is 4.98 Å². The first-order valence-electron chi connectivity index (χ1n) is 9.44. The van der Waals surface area contributed by atoms with E-state index in [1.54, 1.807) is 13.2 Å². The van der Waals surface area contributed by atoms with Crippen LogP contribution in [0.2, 0.25) is 0 Å². The largest absolute Gasteiger partial charge is 0.473 e. The van der Waals surface area contributed by atoms with Crippen molar-refractivity contribution in [1.29, 1.82) is 0 Å². The second-order valence-electron chi connectivity index (χ2n) is 6.33. The number of pyridine rings is 1. The number of nitrogens with zero attached hydrogens (tertiary/aromatic N) is 2. The Morgan fingerprint density at radius 1 is 0.893 bits per heavy atom. The Labute approximate surface area is 166 Å². The van der Waals surface area contributed by atoms with E-state index in [9.17, 15) is 0 Å². The summed E-state index contributed by atoms with van der Waals surface area (Å²) in [7, 11) is 1.77. The molecule has 0 aliphatic carbocycles. The minimum atomic E-state index is 0.495. The van der Waals surface area contributed by atoms with Crippen molar-refractivity contribution < 1.29 is 4.74 Å². The molecule has 0 aliphatic rings. The summed E-state index contributed by atoms with van der Waals surface area (Å²) >= 11 is 0. The zero-order valence-corrected chi connectivity index (χ0v) is 16.1. The third-order valence-corrected chi connectivity index (χ3v) is 4.29. The molecule has 5 heteroatoms. The number of nitrogens with one attached hydrogen (secondary N) is 2. The Kier molecular flexibility index (Phi) is 7.44. The lowest BCUT2D eigenvalue weighted by atomic mass is 10.1. The van der Waals surface area contributed by atoms with Crippen molar-refractivity contribution in [3.05, 3.63) is 95.7 Å². The van der Waals surface area contributed by atoms with Gasteiger partial charge in [0.05, 0.1) is 0 Å². The molecule has 0 aliphatic heterocycles. The molecule has 0 bridgehead atoms. The molecule has 0 saturated heterocycles. The zero-order chi connectivity index (χ0) is 19.4. The van der Waals surface area contributed by atoms with E-state index in [4.69, 9.17) is 4.74 Å². The number of rotatable bonds is 8. The second kappa shape index (κ2) is 10.7. The summed E-state index contributed by atoms with van der Waals surface area (Å²) in [5, 5.41) is 6.67. The molecule has 1 aromatic heterocycles. The van der Waals surface area contributed by atoms with Crippen molar-refractivity contribution in [3.63, 3.8) is 0 Å². The molecule has 5 nitrogen and oxygen atoms in total. The van der Waals surface area contributed by atoms with Crippen LogP contribution in [0, 0.1) is 0 Å². The van der Waals surface area contributed by atoms with Gasteiger partial charge < -0.3 is 15.4 Å². The Morgan fingerprint density at radius 3 is 2.32 bits per heavy atom. The lowest BCUT2D eigenvalue weighted by Crippen LogP contribution is -2.38. The molecular formula is C23H26N4O. The van der Waals surface area contributed by atoms with Gasteiger partial charge in [0.2, 0.25) is 5.88 Å². The van der Waals surface area contributed by atoms with Crippen molar-refractivity contribution in [2.45, 2.75) is 19.6 Å². The molecule has 0 fully saturated rings. The standard InChI is InChI=1S/C23H26N4O/c1-24-23(26-16-14-19-9-4-2-5-10-19)27-17-21-13-8-15-25-22(21)28-18-20-11-6-3-7-12-20/h2-13,15H,14,16-18H2,1H3,(H2,24,26,27). The van der Waals surface area contributed by atoms with Crippen molar-refractivity contribution in [1.82, 2.24) is 15.6 Å². The molecule has 0 atom stereocenters. The van der Waals surface area contributed by atoms with Gasteiger partial charge in [0, 0.05) is 31.9 Å². The predicted octanol–water partition coefficient (Wildman–Crippen LogP) is 3.57. The number of hydrogen-bond donors (Lipinski definition) is 2. The third kappa shape index (κ3) is 6.13. The van der Waals surface area contributed by atoms with E-state index in [0.717, 1.165) is 30.1 Å². The molecule has 28 heavy (non-hydrogen) atoms. The van der Waals surface area contributed by atoms with Gasteiger partial charge in [-0.05, 0) is 23.6 Å². The van der Waals surface area contributed by atoms with Crippen molar-refractivity contribution >= 4 is 5.96 Å². The third-order valence-electron chi connectivity index (χ3n) is 4.29. The molecule has 3 rings (SSSR count). The molecule has 0 spiro atoms. The zero-order valence-electron chi connectivity index (χ0n) is 16.1. The average molecular weight is 374 g/mol. The monoisotopic (exact) mass is 374 g/mol. The highest BCUT2D eigenvalue weighted by atomic mass is 16.5. The van der Waals surface area contributed by atoms with Crippen LogP contribution in [0.5, 0.6) is 5.88 Å². The molecule has 0 amide bonds. The van der Waals surface area contributed by atoms with Gasteiger partial charge in [0.1, 0.15) is 6.61 Å². The van der Waals surface area contributed by atoms with Gasteiger partial charge in [0.15, 0.2) is 5.96 Å². The number of ether oxygens (including phenoxy) is 1. The summed E-state index contributed by atoms with van der Waals surface area (Å²) in [5.74, 6) is 1.40. The van der Waals surface area contributed by atoms with Gasteiger partial charge in [-0.1, -0.05) is 66.7 Å². The van der Waals surface area contributed by atoms with Crippen molar-refractivity contribution in [2.75, 3.05) is 13.6 Å². The number of benzene rings is 2. The summed E-state index contributed by atoms with van der Waals surface area (Å²) in [6.07, 6.45) is 2.69. The van der Waals surface area contributed by atoms with Crippen LogP contribution >= 0.6 is 0 Å². The van der Waals surface area contributed by atoms with Crippen LogP contribution in [0.4, 0.5) is 0 Å². The first kappa shape index (κ1) is 19.4. The molecule has 2 N–H and O–H groups in total. The summed E-state index contributed by atoms with van der Waals surface area (Å²) in [4.78, 5) is 8.67. The maximum absolute atomic E-state index is 5.92. The van der Waals surface area contributed by atoms with E-state index in [0.29, 0.717) is 19.0 Å². The normalized spacial score (nSPS) is 11.1. The minimum absolute atomic E-state index is 0.495. The van der Waals surface area contributed by atoms with Crippen LogP contribution < -0.4 is 15.4 Å². The van der Waals surface area contributed by atoms with E-state index in [-0.39, 0.29) is 0 Å². The van der Waals surface area contributed by atoms with E-state index >= 15 is 0 Å². The highest BCUT2D eigenvalue weighted by Gasteiger charge is 2.06. The van der Waals surface area contributed by atoms with Crippen LogP contribution in [0.15, 0.2) is 84.0 Å². The van der Waals surface area contributed by atoms with Gasteiger partial charge >= 0.3 is 0 Å². The summed E-state index contributed by atoms with van der Waals surface area (Å²) in [6.45, 7) is 1.89. The first-order valence-corrected chi connectivity index (χ1v) is 9.44. The Balaban J connectivity index is 1.50. The smallest absolute Gasteiger partial charge is 0.218 e. The van der Waals surface area contributed by atoms with E-state index in [2.05, 4.69) is 44.9 Å². The quantitative estimate of drug-likeness (QED) is 0.467. The molecular weight excluding hydrogens is 348 g/mol. The molecule has 2 aromatic carbocycles. The van der Waals surface area contributed by atoms with Crippen LogP contribution in [0.1, 0.15) is 16.7 Å². The van der Waals surface area contributed by atoms with Gasteiger partial charge in [-0.2, -0.15) is 0 Å². The molecule has 1 heterocycles. The number of hydrogen-bond acceptors (Lipinski definition) is 3. The van der Waals surface area contributed by atoms with Crippen LogP contribution in [0.25, 0.3) is 0 Å². The first-order chi connectivity index (χ1) is 13.8. The lowest BCUT2D eigenvalue weighted by Gasteiger charge is -2.14. The van der Waals surface area contributed by atoms with Gasteiger partial charge in [-0.3, -0.25) is 4.99 Å². The molecule has 0 saturated carbocycles. The maximum atomic E-state index is 5.92. The molecule has 144 valence electrons. The number of aliphatic imine (C=N–C) groups is 1. The molecule has 3 aromatic rings. The number of aromatic nitrogens is 1. The van der Waals surface area contributed by atoms with Gasteiger partial charge in [0.25, 0.3) is 0 Å². The van der Waals surface area contributed by atoms with E-state index in [1.165, 1.54) is 5.56 Å².